The van der Waals surface area contributed by atoms with Crippen molar-refractivity contribution >= 4 is 22.4 Å². The first-order valence-electron chi connectivity index (χ1n) is 6.56. The zero-order chi connectivity index (χ0) is 14.8. The molecule has 0 saturated heterocycles. The normalized spacial score (nSPS) is 10.8. The van der Waals surface area contributed by atoms with Crippen LogP contribution in [0, 0.1) is 12.7 Å². The number of hydrogen-bond acceptors (Lipinski definition) is 2. The fourth-order valence-corrected chi connectivity index (χ4v) is 2.33. The number of halogens is 2. The summed E-state index contributed by atoms with van der Waals surface area (Å²) in [5.41, 5.74) is 1.46. The van der Waals surface area contributed by atoms with Crippen molar-refractivity contribution in [1.82, 2.24) is 4.98 Å². The summed E-state index contributed by atoms with van der Waals surface area (Å²) in [6, 6.07) is 14.1. The molecule has 0 bridgehead atoms. The standard InChI is InChI=1S/C17H13ClFNO/c1-11-8-13(19)6-7-16(11)21-17-15-5-3-2-4-12(15)9-14(10-18)20-17/h2-9H,10H2,1H3. The molecule has 0 spiro atoms. The SMILES string of the molecule is Cc1cc(F)ccc1Oc1nc(CCl)cc2ccccc12. The zero-order valence-corrected chi connectivity index (χ0v) is 12.2. The Balaban J connectivity index is 2.10. The number of fused-ring (bicyclic) bond motifs is 1. The van der Waals surface area contributed by atoms with Gasteiger partial charge in [0, 0.05) is 5.39 Å². The molecule has 0 aliphatic rings. The maximum Gasteiger partial charge on any atom is 0.227 e. The minimum Gasteiger partial charge on any atom is -0.438 e. The number of aryl methyl sites for hydroxylation is 1. The third kappa shape index (κ3) is 2.83. The lowest BCUT2D eigenvalue weighted by molar-refractivity contribution is 0.462. The Bertz CT molecular complexity index is 804. The molecular weight excluding hydrogens is 289 g/mol. The van der Waals surface area contributed by atoms with Crippen molar-refractivity contribution < 1.29 is 9.13 Å². The topological polar surface area (TPSA) is 22.1 Å². The minimum atomic E-state index is -0.285. The van der Waals surface area contributed by atoms with Crippen LogP contribution in [0.1, 0.15) is 11.3 Å². The lowest BCUT2D eigenvalue weighted by atomic mass is 10.1. The highest BCUT2D eigenvalue weighted by atomic mass is 35.5. The fourth-order valence-electron chi connectivity index (χ4n) is 2.20. The van der Waals surface area contributed by atoms with Crippen molar-refractivity contribution in [3.63, 3.8) is 0 Å². The van der Waals surface area contributed by atoms with Crippen LogP contribution in [-0.4, -0.2) is 4.98 Å². The van der Waals surface area contributed by atoms with Crippen LogP contribution in [0.4, 0.5) is 4.39 Å². The molecule has 3 rings (SSSR count). The van der Waals surface area contributed by atoms with E-state index in [-0.39, 0.29) is 5.82 Å². The van der Waals surface area contributed by atoms with Crippen LogP contribution in [0.25, 0.3) is 10.8 Å². The number of benzene rings is 2. The van der Waals surface area contributed by atoms with Gasteiger partial charge in [0.1, 0.15) is 11.6 Å². The Morgan fingerprint density at radius 1 is 1.14 bits per heavy atom. The highest BCUT2D eigenvalue weighted by Gasteiger charge is 2.09. The summed E-state index contributed by atoms with van der Waals surface area (Å²) in [5.74, 6) is 1.09. The van der Waals surface area contributed by atoms with Gasteiger partial charge in [0.15, 0.2) is 0 Å². The summed E-state index contributed by atoms with van der Waals surface area (Å²) in [4.78, 5) is 4.43. The molecule has 0 aliphatic carbocycles. The van der Waals surface area contributed by atoms with E-state index < -0.39 is 0 Å². The van der Waals surface area contributed by atoms with Gasteiger partial charge in [-0.1, -0.05) is 18.2 Å². The van der Waals surface area contributed by atoms with Crippen molar-refractivity contribution in [2.75, 3.05) is 0 Å². The van der Waals surface area contributed by atoms with E-state index in [0.717, 1.165) is 22.0 Å². The summed E-state index contributed by atoms with van der Waals surface area (Å²) in [6.45, 7) is 1.80. The van der Waals surface area contributed by atoms with E-state index in [1.807, 2.05) is 30.3 Å². The molecule has 2 nitrogen and oxygen atoms in total. The zero-order valence-electron chi connectivity index (χ0n) is 11.4. The van der Waals surface area contributed by atoms with Gasteiger partial charge in [0.2, 0.25) is 5.88 Å². The van der Waals surface area contributed by atoms with Crippen molar-refractivity contribution in [1.29, 1.82) is 0 Å². The predicted octanol–water partition coefficient (Wildman–Crippen LogP) is 5.21. The van der Waals surface area contributed by atoms with E-state index in [9.17, 15) is 4.39 Å². The Hall–Kier alpha value is -2.13. The Morgan fingerprint density at radius 3 is 2.71 bits per heavy atom. The Morgan fingerprint density at radius 2 is 1.95 bits per heavy atom. The highest BCUT2D eigenvalue weighted by Crippen LogP contribution is 2.31. The van der Waals surface area contributed by atoms with Crippen LogP contribution in [-0.2, 0) is 5.88 Å². The summed E-state index contributed by atoms with van der Waals surface area (Å²) in [6.07, 6.45) is 0. The number of hydrogen-bond donors (Lipinski definition) is 0. The monoisotopic (exact) mass is 301 g/mol. The van der Waals surface area contributed by atoms with Crippen molar-refractivity contribution in [2.24, 2.45) is 0 Å². The van der Waals surface area contributed by atoms with Crippen molar-refractivity contribution in [3.8, 4) is 11.6 Å². The lowest BCUT2D eigenvalue weighted by Gasteiger charge is -2.11. The van der Waals surface area contributed by atoms with E-state index in [1.165, 1.54) is 12.1 Å². The number of alkyl halides is 1. The molecule has 0 radical (unpaired) electrons. The first kappa shape index (κ1) is 13.8. The molecule has 0 N–H and O–H groups in total. The molecule has 4 heteroatoms. The van der Waals surface area contributed by atoms with Gasteiger partial charge in [-0.05, 0) is 48.2 Å². The average molecular weight is 302 g/mol. The average Bonchev–Trinajstić information content (AvgIpc) is 2.49. The second kappa shape index (κ2) is 5.70. The molecule has 2 aromatic carbocycles. The van der Waals surface area contributed by atoms with E-state index in [1.54, 1.807) is 13.0 Å². The minimum absolute atomic E-state index is 0.285. The van der Waals surface area contributed by atoms with E-state index in [0.29, 0.717) is 17.5 Å². The predicted molar refractivity (Wildman–Crippen MR) is 82.5 cm³/mol. The third-order valence-electron chi connectivity index (χ3n) is 3.24. The number of pyridine rings is 1. The molecule has 0 unspecified atom stereocenters. The van der Waals surface area contributed by atoms with Gasteiger partial charge in [0.25, 0.3) is 0 Å². The third-order valence-corrected chi connectivity index (χ3v) is 3.51. The molecule has 0 atom stereocenters. The van der Waals surface area contributed by atoms with Gasteiger partial charge in [-0.3, -0.25) is 0 Å². The maximum absolute atomic E-state index is 13.2. The van der Waals surface area contributed by atoms with Gasteiger partial charge >= 0.3 is 0 Å². The molecule has 0 amide bonds. The molecule has 106 valence electrons. The van der Waals surface area contributed by atoms with E-state index in [2.05, 4.69) is 4.98 Å². The molecule has 0 saturated carbocycles. The van der Waals surface area contributed by atoms with Gasteiger partial charge in [-0.25, -0.2) is 9.37 Å². The van der Waals surface area contributed by atoms with Crippen molar-refractivity contribution in [2.45, 2.75) is 12.8 Å². The highest BCUT2D eigenvalue weighted by molar-refractivity contribution is 6.17. The first-order valence-corrected chi connectivity index (χ1v) is 7.09. The summed E-state index contributed by atoms with van der Waals surface area (Å²) < 4.78 is 19.1. The number of ether oxygens (including phenoxy) is 1. The van der Waals surface area contributed by atoms with Crippen LogP contribution >= 0.6 is 11.6 Å². The number of rotatable bonds is 3. The summed E-state index contributed by atoms with van der Waals surface area (Å²) in [5, 5.41) is 1.91. The molecule has 1 aromatic heterocycles. The Kier molecular flexibility index (Phi) is 3.76. The van der Waals surface area contributed by atoms with Crippen LogP contribution in [0.3, 0.4) is 0 Å². The second-order valence-corrected chi connectivity index (χ2v) is 5.05. The van der Waals surface area contributed by atoms with Crippen LogP contribution in [0.5, 0.6) is 11.6 Å². The van der Waals surface area contributed by atoms with E-state index >= 15 is 0 Å². The van der Waals surface area contributed by atoms with Gasteiger partial charge in [-0.2, -0.15) is 0 Å². The van der Waals surface area contributed by atoms with Crippen LogP contribution in [0.2, 0.25) is 0 Å². The summed E-state index contributed by atoms with van der Waals surface area (Å²) >= 11 is 5.89. The molecule has 1 heterocycles. The Labute approximate surface area is 127 Å². The smallest absolute Gasteiger partial charge is 0.227 e. The van der Waals surface area contributed by atoms with Gasteiger partial charge in [-0.15, -0.1) is 11.6 Å². The molecule has 3 aromatic rings. The van der Waals surface area contributed by atoms with Gasteiger partial charge < -0.3 is 4.74 Å². The second-order valence-electron chi connectivity index (χ2n) is 4.79. The van der Waals surface area contributed by atoms with Gasteiger partial charge in [0.05, 0.1) is 11.6 Å². The quantitative estimate of drug-likeness (QED) is 0.619. The summed E-state index contributed by atoms with van der Waals surface area (Å²) in [7, 11) is 0. The van der Waals surface area contributed by atoms with Crippen molar-refractivity contribution in [3.05, 3.63) is 65.6 Å². The lowest BCUT2D eigenvalue weighted by Crippen LogP contribution is -1.95. The van der Waals surface area contributed by atoms with Crippen LogP contribution < -0.4 is 4.74 Å². The maximum atomic E-state index is 13.2. The van der Waals surface area contributed by atoms with E-state index in [4.69, 9.17) is 16.3 Å². The first-order chi connectivity index (χ1) is 10.2. The van der Waals surface area contributed by atoms with Crippen LogP contribution in [0.15, 0.2) is 48.5 Å². The molecule has 0 aliphatic heterocycles. The molecule has 0 fully saturated rings. The number of aromatic nitrogens is 1. The fraction of sp³-hybridized carbons (Fsp3) is 0.118. The number of nitrogens with zero attached hydrogens (tertiary/aromatic N) is 1. The molecular formula is C17H13ClFNO. The molecule has 21 heavy (non-hydrogen) atoms. The largest absolute Gasteiger partial charge is 0.438 e.